The average Bonchev–Trinajstić information content (AvgIpc) is 3.45. The summed E-state index contributed by atoms with van der Waals surface area (Å²) in [7, 11) is 0. The fraction of sp³-hybridized carbons (Fsp3) is 0.217. The minimum atomic E-state index is -0.232. The molecule has 1 aromatic carbocycles. The van der Waals surface area contributed by atoms with Crippen molar-refractivity contribution in [1.82, 2.24) is 19.7 Å². The van der Waals surface area contributed by atoms with Gasteiger partial charge in [0.05, 0.1) is 10.6 Å². The van der Waals surface area contributed by atoms with Gasteiger partial charge in [-0.25, -0.2) is 4.98 Å². The van der Waals surface area contributed by atoms with Crippen molar-refractivity contribution in [2.75, 3.05) is 11.2 Å². The Bertz CT molecular complexity index is 1270. The van der Waals surface area contributed by atoms with Crippen LogP contribution in [0.25, 0.3) is 16.5 Å². The molecule has 4 aromatic rings. The maximum Gasteiger partial charge on any atom is 0.256 e. The van der Waals surface area contributed by atoms with Gasteiger partial charge in [-0.1, -0.05) is 36.4 Å². The molecule has 7 nitrogen and oxygen atoms in total. The number of carbonyl (C=O) groups is 1. The van der Waals surface area contributed by atoms with Gasteiger partial charge in [0, 0.05) is 30.4 Å². The van der Waals surface area contributed by atoms with E-state index in [2.05, 4.69) is 20.4 Å². The van der Waals surface area contributed by atoms with Crippen LogP contribution >= 0.6 is 22.9 Å². The molecule has 0 unspecified atom stereocenters. The molecule has 0 fully saturated rings. The molecule has 2 N–H and O–H groups in total. The zero-order valence-electron chi connectivity index (χ0n) is 17.5. The Morgan fingerprint density at radius 1 is 1.22 bits per heavy atom. The van der Waals surface area contributed by atoms with E-state index < -0.39 is 0 Å². The molecule has 0 saturated carbocycles. The number of carbonyl (C=O) groups excluding carboxylic acids is 1. The molecule has 0 bridgehead atoms. The van der Waals surface area contributed by atoms with Gasteiger partial charge in [0.15, 0.2) is 0 Å². The van der Waals surface area contributed by atoms with E-state index in [1.807, 2.05) is 47.8 Å². The number of rotatable bonds is 8. The number of aromatic amines is 1. The summed E-state index contributed by atoms with van der Waals surface area (Å²) in [5, 5.41) is 9.42. The predicted molar refractivity (Wildman–Crippen MR) is 128 cm³/mol. The van der Waals surface area contributed by atoms with Crippen molar-refractivity contribution in [3.63, 3.8) is 0 Å². The Balaban J connectivity index is 1.71. The predicted octanol–water partition coefficient (Wildman–Crippen LogP) is 4.54. The first-order valence-corrected chi connectivity index (χ1v) is 11.6. The molecule has 0 saturated heterocycles. The summed E-state index contributed by atoms with van der Waals surface area (Å²) in [4.78, 5) is 33.6. The van der Waals surface area contributed by atoms with Gasteiger partial charge >= 0.3 is 0 Å². The highest BCUT2D eigenvalue weighted by Gasteiger charge is 2.18. The number of anilines is 1. The van der Waals surface area contributed by atoms with E-state index in [1.165, 1.54) is 16.0 Å². The number of H-pyrrole nitrogens is 1. The van der Waals surface area contributed by atoms with Crippen molar-refractivity contribution in [2.24, 2.45) is 0 Å². The minimum absolute atomic E-state index is 0.177. The minimum Gasteiger partial charge on any atom is -0.310 e. The van der Waals surface area contributed by atoms with Crippen LogP contribution in [0.2, 0.25) is 0 Å². The molecule has 9 heteroatoms. The van der Waals surface area contributed by atoms with Crippen LogP contribution in [-0.4, -0.2) is 31.5 Å². The molecular formula is C23H22ClN5O2S. The summed E-state index contributed by atoms with van der Waals surface area (Å²) in [6, 6.07) is 15.4. The zero-order valence-corrected chi connectivity index (χ0v) is 19.0. The van der Waals surface area contributed by atoms with Crippen molar-refractivity contribution in [2.45, 2.75) is 26.2 Å². The number of thiophene rings is 1. The second-order valence-electron chi connectivity index (χ2n) is 7.26. The molecule has 0 aliphatic rings. The van der Waals surface area contributed by atoms with E-state index >= 15 is 0 Å². The van der Waals surface area contributed by atoms with Crippen LogP contribution in [0.15, 0.2) is 58.7 Å². The SMILES string of the molecule is Cc1nc(-n2nc(-c3cccs3)cc2NC(=O)CCCCl)[nH]c(=O)c1Cc1ccccc1. The highest BCUT2D eigenvalue weighted by Crippen LogP contribution is 2.27. The van der Waals surface area contributed by atoms with E-state index in [0.717, 1.165) is 10.4 Å². The van der Waals surface area contributed by atoms with E-state index in [-0.39, 0.29) is 17.4 Å². The lowest BCUT2D eigenvalue weighted by Gasteiger charge is -2.10. The van der Waals surface area contributed by atoms with Gasteiger partial charge < -0.3 is 5.32 Å². The van der Waals surface area contributed by atoms with Crippen molar-refractivity contribution in [3.05, 3.63) is 81.1 Å². The normalized spacial score (nSPS) is 10.9. The van der Waals surface area contributed by atoms with Crippen LogP contribution in [0.4, 0.5) is 5.82 Å². The van der Waals surface area contributed by atoms with Gasteiger partial charge in [0.25, 0.3) is 5.56 Å². The molecule has 0 radical (unpaired) electrons. The third kappa shape index (κ3) is 4.98. The number of nitrogens with zero attached hydrogens (tertiary/aromatic N) is 3. The number of halogens is 1. The molecule has 164 valence electrons. The lowest BCUT2D eigenvalue weighted by molar-refractivity contribution is -0.116. The molecule has 32 heavy (non-hydrogen) atoms. The van der Waals surface area contributed by atoms with Gasteiger partial charge in [-0.3, -0.25) is 14.6 Å². The Morgan fingerprint density at radius 3 is 2.72 bits per heavy atom. The summed E-state index contributed by atoms with van der Waals surface area (Å²) >= 11 is 7.25. The summed E-state index contributed by atoms with van der Waals surface area (Å²) in [5.74, 6) is 0.916. The van der Waals surface area contributed by atoms with Crippen LogP contribution in [0, 0.1) is 6.92 Å². The third-order valence-corrected chi connectivity index (χ3v) is 6.08. The number of aromatic nitrogens is 4. The van der Waals surface area contributed by atoms with E-state index in [1.54, 1.807) is 13.0 Å². The Morgan fingerprint density at radius 2 is 2.03 bits per heavy atom. The molecule has 0 spiro atoms. The number of alkyl halides is 1. The first-order chi connectivity index (χ1) is 15.5. The zero-order chi connectivity index (χ0) is 22.5. The van der Waals surface area contributed by atoms with Crippen LogP contribution in [0.5, 0.6) is 0 Å². The van der Waals surface area contributed by atoms with E-state index in [4.69, 9.17) is 11.6 Å². The number of hydrogen-bond acceptors (Lipinski definition) is 5. The van der Waals surface area contributed by atoms with Gasteiger partial charge in [-0.2, -0.15) is 9.78 Å². The average molecular weight is 468 g/mol. The highest BCUT2D eigenvalue weighted by molar-refractivity contribution is 7.13. The lowest BCUT2D eigenvalue weighted by Crippen LogP contribution is -2.22. The second kappa shape index (κ2) is 9.93. The number of benzene rings is 1. The quantitative estimate of drug-likeness (QED) is 0.372. The molecule has 0 atom stereocenters. The molecule has 0 aliphatic carbocycles. The standard InChI is InChI=1S/C23H22ClN5O2S/c1-15-17(13-16-7-3-2-4-8-16)22(31)27-23(25-15)29-20(26-21(30)10-5-11-24)14-18(28-29)19-9-6-12-32-19/h2-4,6-9,12,14H,5,10-11,13H2,1H3,(H,26,30)(H,25,27,31). The van der Waals surface area contributed by atoms with Crippen molar-refractivity contribution >= 4 is 34.7 Å². The maximum atomic E-state index is 12.9. The van der Waals surface area contributed by atoms with Crippen LogP contribution < -0.4 is 10.9 Å². The molecule has 3 heterocycles. The van der Waals surface area contributed by atoms with Gasteiger partial charge in [-0.05, 0) is 30.4 Å². The smallest absolute Gasteiger partial charge is 0.256 e. The number of hydrogen-bond donors (Lipinski definition) is 2. The summed E-state index contributed by atoms with van der Waals surface area (Å²) in [5.41, 5.74) is 2.69. The largest absolute Gasteiger partial charge is 0.310 e. The first kappa shape index (κ1) is 22.0. The van der Waals surface area contributed by atoms with E-state index in [0.29, 0.717) is 47.9 Å². The molecule has 4 rings (SSSR count). The van der Waals surface area contributed by atoms with Crippen LogP contribution in [-0.2, 0) is 11.2 Å². The fourth-order valence-electron chi connectivity index (χ4n) is 3.31. The summed E-state index contributed by atoms with van der Waals surface area (Å²) in [6.07, 6.45) is 1.35. The first-order valence-electron chi connectivity index (χ1n) is 10.2. The fourth-order valence-corrected chi connectivity index (χ4v) is 4.13. The third-order valence-electron chi connectivity index (χ3n) is 4.92. The van der Waals surface area contributed by atoms with Crippen LogP contribution in [0.1, 0.15) is 29.7 Å². The monoisotopic (exact) mass is 467 g/mol. The van der Waals surface area contributed by atoms with Crippen molar-refractivity contribution in [1.29, 1.82) is 0 Å². The topological polar surface area (TPSA) is 92.7 Å². The van der Waals surface area contributed by atoms with Crippen molar-refractivity contribution < 1.29 is 4.79 Å². The molecule has 0 aliphatic heterocycles. The highest BCUT2D eigenvalue weighted by atomic mass is 35.5. The number of amides is 1. The molecular weight excluding hydrogens is 446 g/mol. The van der Waals surface area contributed by atoms with Gasteiger partial charge in [-0.15, -0.1) is 22.9 Å². The van der Waals surface area contributed by atoms with Crippen molar-refractivity contribution in [3.8, 4) is 16.5 Å². The lowest BCUT2D eigenvalue weighted by atomic mass is 10.1. The Hall–Kier alpha value is -3.23. The summed E-state index contributed by atoms with van der Waals surface area (Å²) < 4.78 is 1.47. The number of aryl methyl sites for hydroxylation is 1. The van der Waals surface area contributed by atoms with Crippen LogP contribution in [0.3, 0.4) is 0 Å². The number of nitrogens with one attached hydrogen (secondary N) is 2. The van der Waals surface area contributed by atoms with E-state index in [9.17, 15) is 9.59 Å². The molecule has 1 amide bonds. The van der Waals surface area contributed by atoms with Gasteiger partial charge in [0.2, 0.25) is 11.9 Å². The van der Waals surface area contributed by atoms with Gasteiger partial charge in [0.1, 0.15) is 11.5 Å². The maximum absolute atomic E-state index is 12.9. The Labute approximate surface area is 194 Å². The molecule has 3 aromatic heterocycles. The summed E-state index contributed by atoms with van der Waals surface area (Å²) in [6.45, 7) is 1.80. The second-order valence-corrected chi connectivity index (χ2v) is 8.59. The Kier molecular flexibility index (Phi) is 6.82.